The van der Waals surface area contributed by atoms with E-state index in [-0.39, 0.29) is 10.8 Å². The van der Waals surface area contributed by atoms with Crippen LogP contribution in [-0.2, 0) is 4.79 Å². The number of anilines is 1. The van der Waals surface area contributed by atoms with Crippen molar-refractivity contribution in [2.75, 3.05) is 5.12 Å². The third-order valence-corrected chi connectivity index (χ3v) is 1.82. The molecule has 15 heavy (non-hydrogen) atoms. The minimum Gasteiger partial charge on any atom is -0.272 e. The second-order valence-electron chi connectivity index (χ2n) is 3.05. The van der Waals surface area contributed by atoms with E-state index in [1.807, 2.05) is 0 Å². The number of carbonyl (C=O) groups excluding carboxylic acids is 1. The monoisotopic (exact) mass is 212 g/mol. The maximum Gasteiger partial charge on any atom is 0.295 e. The van der Waals surface area contributed by atoms with Crippen molar-refractivity contribution in [1.82, 2.24) is 0 Å². The molecule has 0 aliphatic heterocycles. The molecule has 0 heterocycles. The van der Waals surface area contributed by atoms with Crippen LogP contribution in [0.1, 0.15) is 12.5 Å². The number of benzene rings is 1. The maximum atomic E-state index is 13.2. The van der Waals surface area contributed by atoms with Gasteiger partial charge in [-0.25, -0.2) is 0 Å². The minimum atomic E-state index is -0.901. The number of amides is 1. The van der Waals surface area contributed by atoms with Gasteiger partial charge in [0, 0.05) is 13.0 Å². The van der Waals surface area contributed by atoms with Crippen LogP contribution in [0.3, 0.4) is 0 Å². The molecule has 0 radical (unpaired) electrons. The lowest BCUT2D eigenvalue weighted by Gasteiger charge is -2.09. The van der Waals surface area contributed by atoms with Crippen molar-refractivity contribution in [3.05, 3.63) is 33.9 Å². The van der Waals surface area contributed by atoms with Crippen molar-refractivity contribution < 1.29 is 14.2 Å². The molecule has 1 aromatic rings. The summed E-state index contributed by atoms with van der Waals surface area (Å²) in [5, 5.41) is 10.4. The molecule has 0 aliphatic rings. The number of rotatable bonds is 2. The molecular weight excluding hydrogens is 203 g/mol. The lowest BCUT2D eigenvalue weighted by atomic mass is 10.2. The Hall–Kier alpha value is -1.98. The summed E-state index contributed by atoms with van der Waals surface area (Å²) in [5.41, 5.74) is -0.145. The molecule has 1 amide bonds. The Kier molecular flexibility index (Phi) is 2.99. The van der Waals surface area contributed by atoms with Gasteiger partial charge in [-0.3, -0.25) is 14.9 Å². The quantitative estimate of drug-likeness (QED) is 0.428. The van der Waals surface area contributed by atoms with Crippen LogP contribution in [-0.4, -0.2) is 10.8 Å². The Morgan fingerprint density at radius 1 is 1.53 bits per heavy atom. The highest BCUT2D eigenvalue weighted by Crippen LogP contribution is 2.29. The molecule has 0 saturated carbocycles. The first kappa shape index (κ1) is 11.1. The van der Waals surface area contributed by atoms with Crippen LogP contribution in [0.15, 0.2) is 18.2 Å². The van der Waals surface area contributed by atoms with E-state index >= 15 is 0 Å². The number of nitro groups is 1. The van der Waals surface area contributed by atoms with E-state index in [0.717, 1.165) is 6.92 Å². The second-order valence-corrected chi connectivity index (χ2v) is 3.05. The van der Waals surface area contributed by atoms with Gasteiger partial charge in [0.25, 0.3) is 11.6 Å². The van der Waals surface area contributed by atoms with Gasteiger partial charge in [-0.2, -0.15) is 0 Å². The minimum absolute atomic E-state index is 0.239. The van der Waals surface area contributed by atoms with E-state index in [1.54, 1.807) is 6.92 Å². The summed E-state index contributed by atoms with van der Waals surface area (Å²) >= 11 is 0. The Morgan fingerprint density at radius 3 is 2.60 bits per heavy atom. The average Bonchev–Trinajstić information content (AvgIpc) is 2.16. The molecule has 0 unspecified atom stereocenters. The lowest BCUT2D eigenvalue weighted by Crippen LogP contribution is -2.19. The van der Waals surface area contributed by atoms with E-state index < -0.39 is 16.5 Å². The van der Waals surface area contributed by atoms with Crippen molar-refractivity contribution in [2.45, 2.75) is 13.8 Å². The zero-order chi connectivity index (χ0) is 11.6. The van der Waals surface area contributed by atoms with Crippen LogP contribution in [0.2, 0.25) is 0 Å². The van der Waals surface area contributed by atoms with Crippen molar-refractivity contribution in [3.8, 4) is 0 Å². The van der Waals surface area contributed by atoms with E-state index in [4.69, 9.17) is 0 Å². The molecule has 0 atom stereocenters. The van der Waals surface area contributed by atoms with Gasteiger partial charge in [0.05, 0.1) is 4.92 Å². The SMILES string of the molecule is CC(=O)N(F)c1ccc(C)cc1[N+](=O)[O-]. The first-order chi connectivity index (χ1) is 6.93. The molecule has 0 aliphatic carbocycles. The summed E-state index contributed by atoms with van der Waals surface area (Å²) in [7, 11) is 0. The largest absolute Gasteiger partial charge is 0.295 e. The van der Waals surface area contributed by atoms with E-state index in [2.05, 4.69) is 0 Å². The fraction of sp³-hybridized carbons (Fsp3) is 0.222. The molecule has 0 saturated heterocycles. The van der Waals surface area contributed by atoms with Gasteiger partial charge in [-0.05, 0) is 18.6 Å². The molecule has 0 spiro atoms. The van der Waals surface area contributed by atoms with Crippen molar-refractivity contribution in [2.24, 2.45) is 0 Å². The second kappa shape index (κ2) is 4.04. The number of nitrogens with zero attached hydrogens (tertiary/aromatic N) is 2. The van der Waals surface area contributed by atoms with E-state index in [9.17, 15) is 19.4 Å². The lowest BCUT2D eigenvalue weighted by molar-refractivity contribution is -0.384. The summed E-state index contributed by atoms with van der Waals surface area (Å²) in [4.78, 5) is 20.6. The highest BCUT2D eigenvalue weighted by molar-refractivity contribution is 5.91. The zero-order valence-electron chi connectivity index (χ0n) is 8.23. The normalized spacial score (nSPS) is 9.80. The average molecular weight is 212 g/mol. The Morgan fingerprint density at radius 2 is 2.13 bits per heavy atom. The maximum absolute atomic E-state index is 13.2. The van der Waals surface area contributed by atoms with Gasteiger partial charge >= 0.3 is 0 Å². The van der Waals surface area contributed by atoms with Gasteiger partial charge in [0.2, 0.25) is 0 Å². The highest BCUT2D eigenvalue weighted by atomic mass is 19.2. The van der Waals surface area contributed by atoms with Crippen LogP contribution >= 0.6 is 0 Å². The molecular formula is C9H9FN2O3. The van der Waals surface area contributed by atoms with Gasteiger partial charge in [-0.15, -0.1) is 5.12 Å². The highest BCUT2D eigenvalue weighted by Gasteiger charge is 2.22. The van der Waals surface area contributed by atoms with E-state index in [1.165, 1.54) is 18.2 Å². The number of halogens is 1. The third kappa shape index (κ3) is 2.28. The Balaban J connectivity index is 3.28. The predicted molar refractivity (Wildman–Crippen MR) is 52.1 cm³/mol. The Bertz CT molecular complexity index is 420. The number of hydrogen-bond donors (Lipinski definition) is 0. The summed E-state index contributed by atoms with van der Waals surface area (Å²) in [6.45, 7) is 2.64. The number of aryl methyl sites for hydroxylation is 1. The van der Waals surface area contributed by atoms with Crippen molar-refractivity contribution in [3.63, 3.8) is 0 Å². The third-order valence-electron chi connectivity index (χ3n) is 1.82. The predicted octanol–water partition coefficient (Wildman–Crippen LogP) is 2.14. The molecule has 0 N–H and O–H groups in total. The van der Waals surface area contributed by atoms with Crippen LogP contribution < -0.4 is 5.12 Å². The summed E-state index contributed by atoms with van der Waals surface area (Å²) in [5.74, 6) is -0.901. The fourth-order valence-electron chi connectivity index (χ4n) is 1.12. The van der Waals surface area contributed by atoms with Crippen molar-refractivity contribution >= 4 is 17.3 Å². The zero-order valence-corrected chi connectivity index (χ0v) is 8.23. The summed E-state index contributed by atoms with van der Waals surface area (Å²) in [6, 6.07) is 3.91. The molecule has 5 nitrogen and oxygen atoms in total. The molecule has 6 heteroatoms. The van der Waals surface area contributed by atoms with Crippen LogP contribution in [0.5, 0.6) is 0 Å². The standard InChI is InChI=1S/C9H9FN2O3/c1-6-3-4-8(11(10)7(2)13)9(5-6)12(14)15/h3-5H,1-2H3. The van der Waals surface area contributed by atoms with Gasteiger partial charge < -0.3 is 0 Å². The van der Waals surface area contributed by atoms with Crippen LogP contribution in [0.25, 0.3) is 0 Å². The topological polar surface area (TPSA) is 63.5 Å². The number of carbonyl (C=O) groups is 1. The van der Waals surface area contributed by atoms with Gasteiger partial charge in [-0.1, -0.05) is 10.5 Å². The number of hydrogen-bond acceptors (Lipinski definition) is 3. The molecule has 80 valence electrons. The van der Waals surface area contributed by atoms with Crippen molar-refractivity contribution in [1.29, 1.82) is 0 Å². The molecule has 1 rings (SSSR count). The molecule has 0 fully saturated rings. The smallest absolute Gasteiger partial charge is 0.272 e. The molecule has 0 aromatic heterocycles. The first-order valence-corrected chi connectivity index (χ1v) is 4.15. The summed E-state index contributed by atoms with van der Waals surface area (Å²) in [6.07, 6.45) is 0. The van der Waals surface area contributed by atoms with Crippen LogP contribution in [0, 0.1) is 17.0 Å². The molecule has 1 aromatic carbocycles. The summed E-state index contributed by atoms with van der Waals surface area (Å²) < 4.78 is 13.2. The Labute approximate surface area is 85.2 Å². The number of nitro benzene ring substituents is 1. The van der Waals surface area contributed by atoms with Gasteiger partial charge in [0.15, 0.2) is 5.69 Å². The van der Waals surface area contributed by atoms with E-state index in [0.29, 0.717) is 5.56 Å². The fourth-order valence-corrected chi connectivity index (χ4v) is 1.12. The first-order valence-electron chi connectivity index (χ1n) is 4.15. The van der Waals surface area contributed by atoms with Crippen LogP contribution in [0.4, 0.5) is 15.9 Å². The molecule has 0 bridgehead atoms. The van der Waals surface area contributed by atoms with Gasteiger partial charge in [0.1, 0.15) is 0 Å².